The lowest BCUT2D eigenvalue weighted by molar-refractivity contribution is -0.143. The monoisotopic (exact) mass is 527 g/mol. The largest absolute Gasteiger partial charge is 0.493 e. The van der Waals surface area contributed by atoms with Crippen LogP contribution in [0.1, 0.15) is 43.5 Å². The molecule has 38 heavy (non-hydrogen) atoms. The number of aliphatic carboxylic acids is 1. The third-order valence-corrected chi connectivity index (χ3v) is 7.30. The third kappa shape index (κ3) is 6.16. The number of benzene rings is 1. The molecule has 1 aromatic carbocycles. The molecule has 206 valence electrons. The fourth-order valence-corrected chi connectivity index (χ4v) is 5.43. The molecule has 1 amide bonds. The summed E-state index contributed by atoms with van der Waals surface area (Å²) in [5, 5.41) is 10.4. The zero-order valence-corrected chi connectivity index (χ0v) is 22.0. The lowest BCUT2D eigenvalue weighted by Crippen LogP contribution is -2.45. The Hall–Kier alpha value is -3.44. The standard InChI is InChI=1S/C27H37N5O6/c1-3-4-11-31(12-8-28)24(33)16-32-15-19(18-13-21(36-2)26-22(14-18)37-17-38-26)25(27(34)35)20(32)6-7-23-29-9-5-10-30-23/h5,9-10,13-14,19-20,25H,3-4,6-8,11-12,15-17,28H2,1-2H3,(H,34,35)/t19-,20+,25?/m1/s1. The van der Waals surface area contributed by atoms with Crippen molar-refractivity contribution in [3.63, 3.8) is 0 Å². The minimum Gasteiger partial charge on any atom is -0.493 e. The number of amides is 1. The number of nitrogens with two attached hydrogens (primary N) is 1. The lowest BCUT2D eigenvalue weighted by Gasteiger charge is -2.29. The van der Waals surface area contributed by atoms with E-state index in [1.807, 2.05) is 17.0 Å². The summed E-state index contributed by atoms with van der Waals surface area (Å²) in [4.78, 5) is 38.5. The zero-order chi connectivity index (χ0) is 27.1. The van der Waals surface area contributed by atoms with E-state index >= 15 is 0 Å². The van der Waals surface area contributed by atoms with Gasteiger partial charge in [0.1, 0.15) is 5.82 Å². The van der Waals surface area contributed by atoms with Crippen molar-refractivity contribution in [2.45, 2.75) is 44.6 Å². The van der Waals surface area contributed by atoms with Crippen LogP contribution in [0.2, 0.25) is 0 Å². The van der Waals surface area contributed by atoms with Crippen LogP contribution in [0.3, 0.4) is 0 Å². The van der Waals surface area contributed by atoms with Crippen molar-refractivity contribution in [1.82, 2.24) is 19.8 Å². The van der Waals surface area contributed by atoms with Gasteiger partial charge in [-0.1, -0.05) is 13.3 Å². The first kappa shape index (κ1) is 27.6. The number of unbranched alkanes of at least 4 members (excludes halogenated alkanes) is 1. The Balaban J connectivity index is 1.64. The summed E-state index contributed by atoms with van der Waals surface area (Å²) in [5.41, 5.74) is 6.56. The van der Waals surface area contributed by atoms with E-state index in [0.29, 0.717) is 62.1 Å². The number of fused-ring (bicyclic) bond motifs is 1. The van der Waals surface area contributed by atoms with E-state index in [9.17, 15) is 14.7 Å². The summed E-state index contributed by atoms with van der Waals surface area (Å²) in [6, 6.07) is 5.00. The number of aromatic nitrogens is 2. The molecular weight excluding hydrogens is 490 g/mol. The van der Waals surface area contributed by atoms with Gasteiger partial charge in [0.2, 0.25) is 18.4 Å². The molecule has 3 heterocycles. The van der Waals surface area contributed by atoms with Gasteiger partial charge in [0, 0.05) is 57.0 Å². The van der Waals surface area contributed by atoms with E-state index in [2.05, 4.69) is 16.9 Å². The normalized spacial score (nSPS) is 20.4. The second kappa shape index (κ2) is 12.9. The molecule has 0 radical (unpaired) electrons. The zero-order valence-electron chi connectivity index (χ0n) is 22.0. The number of carboxylic acids is 1. The van der Waals surface area contributed by atoms with Gasteiger partial charge in [0.15, 0.2) is 11.5 Å². The van der Waals surface area contributed by atoms with Crippen LogP contribution in [0.15, 0.2) is 30.6 Å². The van der Waals surface area contributed by atoms with Crippen molar-refractivity contribution in [3.8, 4) is 17.2 Å². The van der Waals surface area contributed by atoms with E-state index in [4.69, 9.17) is 19.9 Å². The number of likely N-dealkylation sites (tertiary alicyclic amines) is 1. The summed E-state index contributed by atoms with van der Waals surface area (Å²) < 4.78 is 16.6. The van der Waals surface area contributed by atoms with Gasteiger partial charge in [0.25, 0.3) is 0 Å². The van der Waals surface area contributed by atoms with E-state index in [1.54, 1.807) is 30.5 Å². The van der Waals surface area contributed by atoms with Crippen molar-refractivity contribution in [2.24, 2.45) is 11.7 Å². The molecule has 1 fully saturated rings. The molecule has 0 aliphatic carbocycles. The molecule has 2 aromatic rings. The highest BCUT2D eigenvalue weighted by Gasteiger charge is 2.47. The molecule has 0 bridgehead atoms. The van der Waals surface area contributed by atoms with Crippen LogP contribution >= 0.6 is 0 Å². The third-order valence-electron chi connectivity index (χ3n) is 7.30. The Morgan fingerprint density at radius 1 is 1.24 bits per heavy atom. The Morgan fingerprint density at radius 2 is 2.03 bits per heavy atom. The van der Waals surface area contributed by atoms with Gasteiger partial charge in [-0.3, -0.25) is 14.5 Å². The summed E-state index contributed by atoms with van der Waals surface area (Å²) in [6.07, 6.45) is 6.20. The number of carbonyl (C=O) groups excluding carboxylic acids is 1. The second-order valence-corrected chi connectivity index (χ2v) is 9.65. The number of aryl methyl sites for hydroxylation is 1. The van der Waals surface area contributed by atoms with E-state index in [0.717, 1.165) is 18.4 Å². The summed E-state index contributed by atoms with van der Waals surface area (Å²) in [5.74, 6) is 0.0862. The van der Waals surface area contributed by atoms with Crippen molar-refractivity contribution in [2.75, 3.05) is 46.6 Å². The fraction of sp³-hybridized carbons (Fsp3) is 0.556. The molecule has 3 N–H and O–H groups in total. The molecule has 3 atom stereocenters. The number of nitrogens with zero attached hydrogens (tertiary/aromatic N) is 4. The number of methoxy groups -OCH3 is 1. The maximum Gasteiger partial charge on any atom is 0.308 e. The maximum atomic E-state index is 13.4. The molecule has 2 aliphatic rings. The first-order valence-electron chi connectivity index (χ1n) is 13.1. The minimum atomic E-state index is -0.912. The summed E-state index contributed by atoms with van der Waals surface area (Å²) in [7, 11) is 1.54. The molecule has 2 aliphatic heterocycles. The van der Waals surface area contributed by atoms with Crippen LogP contribution < -0.4 is 19.9 Å². The summed E-state index contributed by atoms with van der Waals surface area (Å²) >= 11 is 0. The fourth-order valence-electron chi connectivity index (χ4n) is 5.43. The molecule has 11 nitrogen and oxygen atoms in total. The number of carboxylic acid groups (broad SMARTS) is 1. The first-order valence-corrected chi connectivity index (χ1v) is 13.1. The van der Waals surface area contributed by atoms with E-state index in [-0.39, 0.29) is 25.2 Å². The highest BCUT2D eigenvalue weighted by Crippen LogP contribution is 2.47. The molecule has 1 saturated heterocycles. The molecule has 0 spiro atoms. The molecule has 1 aromatic heterocycles. The molecule has 0 saturated carbocycles. The number of hydrogen-bond acceptors (Lipinski definition) is 9. The molecule has 4 rings (SSSR count). The lowest BCUT2D eigenvalue weighted by atomic mass is 9.83. The predicted molar refractivity (Wildman–Crippen MR) is 139 cm³/mol. The van der Waals surface area contributed by atoms with E-state index in [1.165, 1.54) is 0 Å². The Kier molecular flexibility index (Phi) is 9.35. The van der Waals surface area contributed by atoms with Crippen LogP contribution in [0.5, 0.6) is 17.2 Å². The average molecular weight is 528 g/mol. The van der Waals surface area contributed by atoms with Gasteiger partial charge < -0.3 is 30.0 Å². The van der Waals surface area contributed by atoms with Gasteiger partial charge in [-0.15, -0.1) is 0 Å². The Labute approximate surface area is 222 Å². The number of rotatable bonds is 13. The van der Waals surface area contributed by atoms with Crippen LogP contribution in [0, 0.1) is 5.92 Å². The summed E-state index contributed by atoms with van der Waals surface area (Å²) in [6.45, 7) is 4.16. The van der Waals surface area contributed by atoms with Crippen LogP contribution in [-0.2, 0) is 16.0 Å². The van der Waals surface area contributed by atoms with Gasteiger partial charge in [-0.25, -0.2) is 9.97 Å². The molecule has 11 heteroatoms. The van der Waals surface area contributed by atoms with Gasteiger partial charge in [-0.2, -0.15) is 0 Å². The van der Waals surface area contributed by atoms with E-state index < -0.39 is 17.9 Å². The average Bonchev–Trinajstić information content (AvgIpc) is 3.54. The second-order valence-electron chi connectivity index (χ2n) is 9.65. The SMILES string of the molecule is CCCCN(CCN)C(=O)CN1C[C@H](c2cc(OC)c3c(c2)OCO3)C(C(=O)O)[C@@H]1CCc1ncccn1. The minimum absolute atomic E-state index is 0.0436. The highest BCUT2D eigenvalue weighted by atomic mass is 16.7. The number of carbonyl (C=O) groups is 2. The molecule has 1 unspecified atom stereocenters. The Bertz CT molecular complexity index is 1100. The smallest absolute Gasteiger partial charge is 0.308 e. The van der Waals surface area contributed by atoms with Crippen molar-refractivity contribution in [1.29, 1.82) is 0 Å². The van der Waals surface area contributed by atoms with Crippen LogP contribution in [-0.4, -0.2) is 89.4 Å². The maximum absolute atomic E-state index is 13.4. The number of ether oxygens (including phenoxy) is 3. The Morgan fingerprint density at radius 3 is 2.71 bits per heavy atom. The van der Waals surface area contributed by atoms with Gasteiger partial charge in [-0.05, 0) is 36.6 Å². The topological polar surface area (TPSA) is 140 Å². The molecular formula is C27H37N5O6. The van der Waals surface area contributed by atoms with Crippen LogP contribution in [0.4, 0.5) is 0 Å². The predicted octanol–water partition coefficient (Wildman–Crippen LogP) is 1.90. The quantitative estimate of drug-likeness (QED) is 0.397. The van der Waals surface area contributed by atoms with Gasteiger partial charge in [0.05, 0.1) is 19.6 Å². The van der Waals surface area contributed by atoms with Crippen molar-refractivity contribution >= 4 is 11.9 Å². The van der Waals surface area contributed by atoms with Crippen LogP contribution in [0.25, 0.3) is 0 Å². The number of hydrogen-bond donors (Lipinski definition) is 2. The first-order chi connectivity index (χ1) is 18.5. The van der Waals surface area contributed by atoms with Crippen molar-refractivity contribution in [3.05, 3.63) is 42.0 Å². The van der Waals surface area contributed by atoms with Gasteiger partial charge >= 0.3 is 5.97 Å². The highest BCUT2D eigenvalue weighted by molar-refractivity contribution is 5.79. The van der Waals surface area contributed by atoms with Crippen molar-refractivity contribution < 1.29 is 28.9 Å².